The van der Waals surface area contributed by atoms with Crippen molar-refractivity contribution in [1.82, 2.24) is 0 Å². The number of aliphatic carboxylic acids is 1. The number of benzene rings is 1. The molecule has 0 amide bonds. The maximum absolute atomic E-state index is 13.9. The normalized spacial score (nSPS) is 11.2. The SMILES string of the molecule is CCCN(c1cccc(F)c1/C=C/C(=O)O)C(C)C. The van der Waals surface area contributed by atoms with Crippen molar-refractivity contribution in [3.63, 3.8) is 0 Å². The van der Waals surface area contributed by atoms with Crippen LogP contribution >= 0.6 is 0 Å². The Morgan fingerprint density at radius 2 is 2.16 bits per heavy atom. The molecule has 1 aromatic rings. The van der Waals surface area contributed by atoms with E-state index < -0.39 is 11.8 Å². The molecule has 4 heteroatoms. The van der Waals surface area contributed by atoms with Gasteiger partial charge in [0.05, 0.1) is 0 Å². The quantitative estimate of drug-likeness (QED) is 0.800. The number of hydrogen-bond donors (Lipinski definition) is 1. The zero-order chi connectivity index (χ0) is 14.4. The van der Waals surface area contributed by atoms with Gasteiger partial charge in [-0.05, 0) is 38.5 Å². The average Bonchev–Trinajstić information content (AvgIpc) is 2.33. The molecular weight excluding hydrogens is 245 g/mol. The molecule has 0 radical (unpaired) electrons. The van der Waals surface area contributed by atoms with E-state index in [0.29, 0.717) is 5.56 Å². The fraction of sp³-hybridized carbons (Fsp3) is 0.400. The predicted molar refractivity (Wildman–Crippen MR) is 75.8 cm³/mol. The van der Waals surface area contributed by atoms with Crippen molar-refractivity contribution in [2.75, 3.05) is 11.4 Å². The molecule has 19 heavy (non-hydrogen) atoms. The summed E-state index contributed by atoms with van der Waals surface area (Å²) in [7, 11) is 0. The molecule has 1 rings (SSSR count). The van der Waals surface area contributed by atoms with E-state index in [-0.39, 0.29) is 6.04 Å². The molecule has 0 aliphatic carbocycles. The highest BCUT2D eigenvalue weighted by molar-refractivity contribution is 5.87. The Bertz CT molecular complexity index is 469. The average molecular weight is 265 g/mol. The van der Waals surface area contributed by atoms with Crippen molar-refractivity contribution >= 4 is 17.7 Å². The van der Waals surface area contributed by atoms with Gasteiger partial charge in [0, 0.05) is 29.9 Å². The van der Waals surface area contributed by atoms with E-state index in [2.05, 4.69) is 11.8 Å². The first-order chi connectivity index (χ1) is 8.97. The van der Waals surface area contributed by atoms with Gasteiger partial charge in [-0.1, -0.05) is 13.0 Å². The van der Waals surface area contributed by atoms with Crippen molar-refractivity contribution < 1.29 is 14.3 Å². The van der Waals surface area contributed by atoms with Gasteiger partial charge in [-0.25, -0.2) is 9.18 Å². The largest absolute Gasteiger partial charge is 0.478 e. The molecule has 0 saturated carbocycles. The van der Waals surface area contributed by atoms with E-state index in [0.717, 1.165) is 24.7 Å². The predicted octanol–water partition coefficient (Wildman–Crippen LogP) is 3.55. The van der Waals surface area contributed by atoms with E-state index in [1.165, 1.54) is 12.1 Å². The van der Waals surface area contributed by atoms with Gasteiger partial charge < -0.3 is 10.0 Å². The second-order valence-corrected chi connectivity index (χ2v) is 4.63. The number of nitrogens with zero attached hydrogens (tertiary/aromatic N) is 1. The molecule has 0 saturated heterocycles. The lowest BCUT2D eigenvalue weighted by Gasteiger charge is -2.30. The monoisotopic (exact) mass is 265 g/mol. The van der Waals surface area contributed by atoms with Gasteiger partial charge in [-0.2, -0.15) is 0 Å². The van der Waals surface area contributed by atoms with E-state index >= 15 is 0 Å². The van der Waals surface area contributed by atoms with Crippen LogP contribution in [0.3, 0.4) is 0 Å². The molecule has 0 aliphatic rings. The molecule has 0 fully saturated rings. The van der Waals surface area contributed by atoms with Crippen LogP contribution in [-0.2, 0) is 4.79 Å². The van der Waals surface area contributed by atoms with Gasteiger partial charge in [0.2, 0.25) is 0 Å². The topological polar surface area (TPSA) is 40.5 Å². The lowest BCUT2D eigenvalue weighted by Crippen LogP contribution is -2.32. The highest BCUT2D eigenvalue weighted by Gasteiger charge is 2.15. The van der Waals surface area contributed by atoms with Crippen LogP contribution in [0.4, 0.5) is 10.1 Å². The van der Waals surface area contributed by atoms with Crippen molar-refractivity contribution in [2.24, 2.45) is 0 Å². The first kappa shape index (κ1) is 15.2. The lowest BCUT2D eigenvalue weighted by atomic mass is 10.1. The Kier molecular flexibility index (Phi) is 5.55. The van der Waals surface area contributed by atoms with Crippen LogP contribution in [0.1, 0.15) is 32.8 Å². The Morgan fingerprint density at radius 1 is 1.47 bits per heavy atom. The molecule has 0 unspecified atom stereocenters. The van der Waals surface area contributed by atoms with Gasteiger partial charge in [-0.3, -0.25) is 0 Å². The summed E-state index contributed by atoms with van der Waals surface area (Å²) in [6, 6.07) is 5.03. The Balaban J connectivity index is 3.25. The smallest absolute Gasteiger partial charge is 0.328 e. The molecule has 1 N–H and O–H groups in total. The summed E-state index contributed by atoms with van der Waals surface area (Å²) in [5, 5.41) is 8.68. The third-order valence-electron chi connectivity index (χ3n) is 2.82. The molecule has 0 bridgehead atoms. The van der Waals surface area contributed by atoms with Crippen molar-refractivity contribution in [3.8, 4) is 0 Å². The standard InChI is InChI=1S/C15H20FNO2/c1-4-10-17(11(2)3)14-7-5-6-13(16)12(14)8-9-15(18)19/h5-9,11H,4,10H2,1-3H3,(H,18,19)/b9-8+. The van der Waals surface area contributed by atoms with Crippen molar-refractivity contribution in [3.05, 3.63) is 35.7 Å². The molecule has 1 aromatic carbocycles. The number of anilines is 1. The van der Waals surface area contributed by atoms with E-state index in [4.69, 9.17) is 5.11 Å². The van der Waals surface area contributed by atoms with Crippen molar-refractivity contribution in [1.29, 1.82) is 0 Å². The third-order valence-corrected chi connectivity index (χ3v) is 2.82. The number of rotatable bonds is 6. The number of carbonyl (C=O) groups is 1. The lowest BCUT2D eigenvalue weighted by molar-refractivity contribution is -0.131. The van der Waals surface area contributed by atoms with Gasteiger partial charge in [0.1, 0.15) is 5.82 Å². The Morgan fingerprint density at radius 3 is 2.68 bits per heavy atom. The summed E-state index contributed by atoms with van der Waals surface area (Å²) < 4.78 is 13.9. The number of halogens is 1. The summed E-state index contributed by atoms with van der Waals surface area (Å²) in [5.74, 6) is -1.49. The molecule has 0 aromatic heterocycles. The summed E-state index contributed by atoms with van der Waals surface area (Å²) in [4.78, 5) is 12.7. The zero-order valence-corrected chi connectivity index (χ0v) is 11.6. The number of carboxylic acids is 1. The van der Waals surface area contributed by atoms with Crippen LogP contribution in [0.15, 0.2) is 24.3 Å². The van der Waals surface area contributed by atoms with Gasteiger partial charge >= 0.3 is 5.97 Å². The highest BCUT2D eigenvalue weighted by Crippen LogP contribution is 2.26. The fourth-order valence-corrected chi connectivity index (χ4v) is 1.99. The highest BCUT2D eigenvalue weighted by atomic mass is 19.1. The molecular formula is C15H20FNO2. The summed E-state index contributed by atoms with van der Waals surface area (Å²) in [6.07, 6.45) is 3.22. The number of carboxylic acid groups (broad SMARTS) is 1. The van der Waals surface area contributed by atoms with Crippen LogP contribution in [0.25, 0.3) is 6.08 Å². The minimum absolute atomic E-state index is 0.221. The Hall–Kier alpha value is -1.84. The van der Waals surface area contributed by atoms with Crippen LogP contribution < -0.4 is 4.90 Å². The minimum Gasteiger partial charge on any atom is -0.478 e. The van der Waals surface area contributed by atoms with Gasteiger partial charge in [0.15, 0.2) is 0 Å². The maximum atomic E-state index is 13.9. The fourth-order valence-electron chi connectivity index (χ4n) is 1.99. The van der Waals surface area contributed by atoms with Gasteiger partial charge in [-0.15, -0.1) is 0 Å². The third kappa shape index (κ3) is 4.09. The summed E-state index contributed by atoms with van der Waals surface area (Å²) in [6.45, 7) is 6.92. The molecule has 0 aliphatic heterocycles. The molecule has 0 heterocycles. The summed E-state index contributed by atoms with van der Waals surface area (Å²) in [5.41, 5.74) is 1.06. The van der Waals surface area contributed by atoms with E-state index in [1.54, 1.807) is 6.07 Å². The van der Waals surface area contributed by atoms with Crippen molar-refractivity contribution in [2.45, 2.75) is 33.2 Å². The van der Waals surface area contributed by atoms with Gasteiger partial charge in [0.25, 0.3) is 0 Å². The molecule has 0 spiro atoms. The Labute approximate surface area is 113 Å². The van der Waals surface area contributed by atoms with Crippen LogP contribution in [0.2, 0.25) is 0 Å². The van der Waals surface area contributed by atoms with Crippen LogP contribution in [0.5, 0.6) is 0 Å². The first-order valence-corrected chi connectivity index (χ1v) is 6.43. The van der Waals surface area contributed by atoms with Crippen LogP contribution in [-0.4, -0.2) is 23.7 Å². The van der Waals surface area contributed by atoms with E-state index in [1.807, 2.05) is 19.9 Å². The number of hydrogen-bond acceptors (Lipinski definition) is 2. The second-order valence-electron chi connectivity index (χ2n) is 4.63. The minimum atomic E-state index is -1.08. The second kappa shape index (κ2) is 6.92. The van der Waals surface area contributed by atoms with Crippen LogP contribution in [0, 0.1) is 5.82 Å². The molecule has 0 atom stereocenters. The maximum Gasteiger partial charge on any atom is 0.328 e. The molecule has 104 valence electrons. The van der Waals surface area contributed by atoms with E-state index in [9.17, 15) is 9.18 Å². The zero-order valence-electron chi connectivity index (χ0n) is 11.6. The molecule has 3 nitrogen and oxygen atoms in total. The first-order valence-electron chi connectivity index (χ1n) is 6.43. The summed E-state index contributed by atoms with van der Waals surface area (Å²) >= 11 is 0.